The zero-order valence-electron chi connectivity index (χ0n) is 7.08. The highest BCUT2D eigenvalue weighted by Gasteiger charge is 1.90. The van der Waals surface area contributed by atoms with Crippen molar-refractivity contribution in [3.63, 3.8) is 0 Å². The van der Waals surface area contributed by atoms with Gasteiger partial charge in [-0.25, -0.2) is 0 Å². The predicted octanol–water partition coefficient (Wildman–Crippen LogP) is 2.75. The second-order valence-corrected chi connectivity index (χ2v) is 3.71. The lowest BCUT2D eigenvalue weighted by molar-refractivity contribution is 1.23. The zero-order chi connectivity index (χ0) is 8.81. The highest BCUT2D eigenvalue weighted by molar-refractivity contribution is 7.98. The fourth-order valence-electron chi connectivity index (χ4n) is 0.909. The number of benzene rings is 1. The van der Waals surface area contributed by atoms with E-state index in [0.717, 1.165) is 12.3 Å². The molecule has 1 aromatic carbocycles. The smallest absolute Gasteiger partial charge is 0.0341 e. The van der Waals surface area contributed by atoms with Crippen molar-refractivity contribution in [1.82, 2.24) is 0 Å². The second-order valence-electron chi connectivity index (χ2n) is 2.38. The Kier molecular flexibility index (Phi) is 4.40. The molecule has 0 saturated heterocycles. The van der Waals surface area contributed by atoms with Gasteiger partial charge in [0.15, 0.2) is 0 Å². The van der Waals surface area contributed by atoms with Gasteiger partial charge in [0.05, 0.1) is 0 Å². The Morgan fingerprint density at radius 1 is 1.33 bits per heavy atom. The van der Waals surface area contributed by atoms with Gasteiger partial charge in [-0.2, -0.15) is 12.6 Å². The standard InChI is InChI=1S/C9H13NS2/c1-12-9-4-2-8(3-5-9)10-6-7-11/h2-5,10-11H,6-7H2,1H3. The van der Waals surface area contributed by atoms with E-state index in [9.17, 15) is 0 Å². The molecule has 0 atom stereocenters. The van der Waals surface area contributed by atoms with E-state index in [0.29, 0.717) is 0 Å². The van der Waals surface area contributed by atoms with E-state index in [-0.39, 0.29) is 0 Å². The van der Waals surface area contributed by atoms with E-state index in [1.165, 1.54) is 10.6 Å². The number of rotatable bonds is 4. The molecule has 0 spiro atoms. The Labute approximate surface area is 83.4 Å². The molecule has 66 valence electrons. The third kappa shape index (κ3) is 2.99. The molecule has 1 nitrogen and oxygen atoms in total. The SMILES string of the molecule is CSc1ccc(NCCS)cc1. The van der Waals surface area contributed by atoms with E-state index in [2.05, 4.69) is 48.5 Å². The fourth-order valence-corrected chi connectivity index (χ4v) is 1.43. The van der Waals surface area contributed by atoms with Crippen molar-refractivity contribution in [1.29, 1.82) is 0 Å². The van der Waals surface area contributed by atoms with Crippen molar-refractivity contribution >= 4 is 30.1 Å². The van der Waals surface area contributed by atoms with Gasteiger partial charge in [-0.1, -0.05) is 0 Å². The number of nitrogens with one attached hydrogen (secondary N) is 1. The van der Waals surface area contributed by atoms with E-state index in [1.54, 1.807) is 11.8 Å². The molecular formula is C9H13NS2. The van der Waals surface area contributed by atoms with Gasteiger partial charge in [-0.05, 0) is 30.5 Å². The molecule has 12 heavy (non-hydrogen) atoms. The maximum Gasteiger partial charge on any atom is 0.0341 e. The van der Waals surface area contributed by atoms with Gasteiger partial charge in [0, 0.05) is 22.9 Å². The Bertz CT molecular complexity index is 220. The number of thioether (sulfide) groups is 1. The zero-order valence-corrected chi connectivity index (χ0v) is 8.79. The molecule has 1 aromatic rings. The van der Waals surface area contributed by atoms with Gasteiger partial charge < -0.3 is 5.32 Å². The Hall–Kier alpha value is -0.280. The van der Waals surface area contributed by atoms with Gasteiger partial charge in [-0.3, -0.25) is 0 Å². The Morgan fingerprint density at radius 3 is 2.50 bits per heavy atom. The lowest BCUT2D eigenvalue weighted by Gasteiger charge is -2.04. The summed E-state index contributed by atoms with van der Waals surface area (Å²) in [7, 11) is 0. The molecule has 0 unspecified atom stereocenters. The molecule has 0 bridgehead atoms. The molecule has 0 heterocycles. The van der Waals surface area contributed by atoms with Crippen LogP contribution in [0.5, 0.6) is 0 Å². The molecule has 0 aromatic heterocycles. The minimum Gasteiger partial charge on any atom is -0.384 e. The summed E-state index contributed by atoms with van der Waals surface area (Å²) in [5, 5.41) is 3.26. The molecule has 1 rings (SSSR count). The molecule has 0 radical (unpaired) electrons. The Morgan fingerprint density at radius 2 is 2.00 bits per heavy atom. The van der Waals surface area contributed by atoms with Gasteiger partial charge >= 0.3 is 0 Å². The summed E-state index contributed by atoms with van der Waals surface area (Å²) >= 11 is 5.88. The lowest BCUT2D eigenvalue weighted by Crippen LogP contribution is -2.01. The summed E-state index contributed by atoms with van der Waals surface area (Å²) in [4.78, 5) is 1.30. The normalized spacial score (nSPS) is 9.83. The summed E-state index contributed by atoms with van der Waals surface area (Å²) in [5.74, 6) is 0.865. The summed E-state index contributed by atoms with van der Waals surface area (Å²) < 4.78 is 0. The molecule has 0 saturated carbocycles. The third-order valence-electron chi connectivity index (χ3n) is 1.53. The highest BCUT2D eigenvalue weighted by atomic mass is 32.2. The van der Waals surface area contributed by atoms with E-state index < -0.39 is 0 Å². The summed E-state index contributed by atoms with van der Waals surface area (Å²) in [5.41, 5.74) is 1.17. The van der Waals surface area contributed by atoms with Gasteiger partial charge in [0.1, 0.15) is 0 Å². The van der Waals surface area contributed by atoms with E-state index >= 15 is 0 Å². The van der Waals surface area contributed by atoms with Crippen LogP contribution in [-0.2, 0) is 0 Å². The first-order valence-corrected chi connectivity index (χ1v) is 5.71. The highest BCUT2D eigenvalue weighted by Crippen LogP contribution is 2.17. The minimum absolute atomic E-state index is 0.865. The van der Waals surface area contributed by atoms with Crippen LogP contribution in [0.1, 0.15) is 0 Å². The van der Waals surface area contributed by atoms with Crippen molar-refractivity contribution in [3.8, 4) is 0 Å². The topological polar surface area (TPSA) is 12.0 Å². The number of anilines is 1. The molecule has 0 aliphatic rings. The molecular weight excluding hydrogens is 186 g/mol. The first kappa shape index (κ1) is 9.81. The second kappa shape index (κ2) is 5.38. The van der Waals surface area contributed by atoms with Crippen LogP contribution in [-0.4, -0.2) is 18.6 Å². The quantitative estimate of drug-likeness (QED) is 0.571. The van der Waals surface area contributed by atoms with Crippen LogP contribution >= 0.6 is 24.4 Å². The number of hydrogen-bond donors (Lipinski definition) is 2. The number of thiol groups is 1. The van der Waals surface area contributed by atoms with Crippen LogP contribution in [0.25, 0.3) is 0 Å². The lowest BCUT2D eigenvalue weighted by atomic mass is 10.3. The van der Waals surface area contributed by atoms with Crippen LogP contribution in [0.15, 0.2) is 29.2 Å². The molecule has 3 heteroatoms. The fraction of sp³-hybridized carbons (Fsp3) is 0.333. The first-order chi connectivity index (χ1) is 5.86. The first-order valence-electron chi connectivity index (χ1n) is 3.85. The van der Waals surface area contributed by atoms with Crippen LogP contribution in [0.2, 0.25) is 0 Å². The largest absolute Gasteiger partial charge is 0.384 e. The van der Waals surface area contributed by atoms with Crippen molar-refractivity contribution < 1.29 is 0 Å². The Balaban J connectivity index is 2.53. The predicted molar refractivity (Wildman–Crippen MR) is 60.6 cm³/mol. The number of hydrogen-bond acceptors (Lipinski definition) is 3. The van der Waals surface area contributed by atoms with Crippen molar-refractivity contribution in [2.75, 3.05) is 23.9 Å². The van der Waals surface area contributed by atoms with Gasteiger partial charge in [0.25, 0.3) is 0 Å². The van der Waals surface area contributed by atoms with Crippen molar-refractivity contribution in [3.05, 3.63) is 24.3 Å². The molecule has 0 aliphatic heterocycles. The van der Waals surface area contributed by atoms with E-state index in [1.807, 2.05) is 0 Å². The maximum atomic E-state index is 4.12. The minimum atomic E-state index is 0.865. The monoisotopic (exact) mass is 199 g/mol. The molecule has 1 N–H and O–H groups in total. The van der Waals surface area contributed by atoms with Crippen LogP contribution < -0.4 is 5.32 Å². The van der Waals surface area contributed by atoms with Gasteiger partial charge in [-0.15, -0.1) is 11.8 Å². The summed E-state index contributed by atoms with van der Waals surface area (Å²) in [6.45, 7) is 0.918. The van der Waals surface area contributed by atoms with Crippen molar-refractivity contribution in [2.45, 2.75) is 4.90 Å². The molecule has 0 amide bonds. The van der Waals surface area contributed by atoms with Crippen LogP contribution in [0.4, 0.5) is 5.69 Å². The van der Waals surface area contributed by atoms with Crippen molar-refractivity contribution in [2.24, 2.45) is 0 Å². The third-order valence-corrected chi connectivity index (χ3v) is 2.50. The average molecular weight is 199 g/mol. The molecule has 0 fully saturated rings. The molecule has 0 aliphatic carbocycles. The average Bonchev–Trinajstić information content (AvgIpc) is 2.15. The summed E-state index contributed by atoms with van der Waals surface area (Å²) in [6.07, 6.45) is 2.08. The van der Waals surface area contributed by atoms with E-state index in [4.69, 9.17) is 0 Å². The van der Waals surface area contributed by atoms with Crippen LogP contribution in [0.3, 0.4) is 0 Å². The van der Waals surface area contributed by atoms with Gasteiger partial charge in [0.2, 0.25) is 0 Å². The van der Waals surface area contributed by atoms with Crippen LogP contribution in [0, 0.1) is 0 Å². The summed E-state index contributed by atoms with van der Waals surface area (Å²) in [6, 6.07) is 8.42. The maximum absolute atomic E-state index is 4.12.